The van der Waals surface area contributed by atoms with Gasteiger partial charge in [0.05, 0.1) is 5.41 Å². The van der Waals surface area contributed by atoms with Crippen LogP contribution < -0.4 is 15.0 Å². The molecular weight excluding hydrogens is 454 g/mol. The molecule has 2 aliphatic rings. The molecule has 0 unspecified atom stereocenters. The zero-order valence-electron chi connectivity index (χ0n) is 21.0. The molecule has 0 atom stereocenters. The molecular formula is C27H33N7O2. The van der Waals surface area contributed by atoms with Crippen molar-refractivity contribution < 1.29 is 9.53 Å². The molecule has 3 aromatic heterocycles. The summed E-state index contributed by atoms with van der Waals surface area (Å²) in [4.78, 5) is 33.9. The molecule has 1 saturated heterocycles. The van der Waals surface area contributed by atoms with Crippen molar-refractivity contribution in [2.45, 2.75) is 31.6 Å². The third kappa shape index (κ3) is 5.29. The first-order valence-electron chi connectivity index (χ1n) is 12.6. The normalized spacial score (nSPS) is 17.2. The predicted molar refractivity (Wildman–Crippen MR) is 139 cm³/mol. The molecule has 0 radical (unpaired) electrons. The Morgan fingerprint density at radius 2 is 2.14 bits per heavy atom. The summed E-state index contributed by atoms with van der Waals surface area (Å²) < 4.78 is 5.93. The summed E-state index contributed by atoms with van der Waals surface area (Å²) in [5, 5.41) is 4.13. The molecule has 0 spiro atoms. The van der Waals surface area contributed by atoms with Gasteiger partial charge in [0.2, 0.25) is 0 Å². The number of H-pyrrole nitrogens is 1. The van der Waals surface area contributed by atoms with Gasteiger partial charge in [0.15, 0.2) is 0 Å². The van der Waals surface area contributed by atoms with Gasteiger partial charge in [0.1, 0.15) is 23.8 Å². The Hall–Kier alpha value is -3.64. The number of likely N-dealkylation sites (N-methyl/N-ethyl adjacent to an activating group) is 1. The van der Waals surface area contributed by atoms with Gasteiger partial charge in [-0.15, -0.1) is 6.42 Å². The summed E-state index contributed by atoms with van der Waals surface area (Å²) in [6, 6.07) is 6.07. The summed E-state index contributed by atoms with van der Waals surface area (Å²) in [6.07, 6.45) is 13.4. The second-order valence-corrected chi connectivity index (χ2v) is 10.1. The maximum Gasteiger partial charge on any atom is 0.319 e. The van der Waals surface area contributed by atoms with E-state index in [9.17, 15) is 4.79 Å². The van der Waals surface area contributed by atoms with Crippen molar-refractivity contribution in [1.82, 2.24) is 30.2 Å². The van der Waals surface area contributed by atoms with Crippen LogP contribution in [0, 0.1) is 17.8 Å². The average molecular weight is 488 g/mol. The highest BCUT2D eigenvalue weighted by molar-refractivity contribution is 5.93. The third-order valence-electron chi connectivity index (χ3n) is 7.15. The van der Waals surface area contributed by atoms with E-state index in [0.29, 0.717) is 30.6 Å². The number of ether oxygens (including phenoxy) is 1. The molecule has 1 amide bonds. The Bertz CT molecular complexity index is 1270. The molecule has 1 aliphatic carbocycles. The number of anilines is 1. The zero-order chi connectivity index (χ0) is 25.1. The van der Waals surface area contributed by atoms with Gasteiger partial charge in [-0.1, -0.05) is 5.92 Å². The average Bonchev–Trinajstić information content (AvgIpc) is 3.56. The molecule has 4 heterocycles. The number of hydrogen-bond donors (Lipinski definition) is 2. The van der Waals surface area contributed by atoms with E-state index in [1.54, 1.807) is 6.07 Å². The van der Waals surface area contributed by atoms with Gasteiger partial charge in [-0.2, -0.15) is 9.97 Å². The van der Waals surface area contributed by atoms with Crippen LogP contribution in [-0.4, -0.2) is 77.6 Å². The molecule has 9 nitrogen and oxygen atoms in total. The summed E-state index contributed by atoms with van der Waals surface area (Å²) in [5.41, 5.74) is 2.33. The number of aromatic amines is 1. The fraction of sp³-hybridized carbons (Fsp3) is 0.481. The topological polar surface area (TPSA) is 99.3 Å². The van der Waals surface area contributed by atoms with E-state index in [-0.39, 0.29) is 17.3 Å². The predicted octanol–water partition coefficient (Wildman–Crippen LogP) is 2.82. The van der Waals surface area contributed by atoms with Crippen molar-refractivity contribution in [2.24, 2.45) is 5.41 Å². The van der Waals surface area contributed by atoms with Crippen molar-refractivity contribution in [2.75, 3.05) is 51.8 Å². The molecule has 5 rings (SSSR count). The van der Waals surface area contributed by atoms with Crippen LogP contribution in [-0.2, 0) is 0 Å². The van der Waals surface area contributed by atoms with E-state index in [0.717, 1.165) is 51.0 Å². The molecule has 188 valence electrons. The highest BCUT2D eigenvalue weighted by atomic mass is 16.5. The first-order chi connectivity index (χ1) is 17.5. The first-order valence-corrected chi connectivity index (χ1v) is 12.6. The zero-order valence-corrected chi connectivity index (χ0v) is 21.0. The van der Waals surface area contributed by atoms with Crippen LogP contribution >= 0.6 is 0 Å². The van der Waals surface area contributed by atoms with Gasteiger partial charge < -0.3 is 24.8 Å². The number of nitrogens with one attached hydrogen (secondary N) is 2. The van der Waals surface area contributed by atoms with Crippen LogP contribution in [0.25, 0.3) is 11.0 Å². The number of aromatic nitrogens is 4. The minimum absolute atomic E-state index is 0.205. The number of carbonyl (C=O) groups excluding carboxylic acids is 1. The maximum atomic E-state index is 12.9. The minimum Gasteiger partial charge on any atom is -0.462 e. The summed E-state index contributed by atoms with van der Waals surface area (Å²) in [7, 11) is 3.94. The lowest BCUT2D eigenvalue weighted by molar-refractivity contribution is 0.0944. The quantitative estimate of drug-likeness (QED) is 0.448. The largest absolute Gasteiger partial charge is 0.462 e. The molecule has 1 aliphatic heterocycles. The third-order valence-corrected chi connectivity index (χ3v) is 7.15. The Morgan fingerprint density at radius 1 is 1.33 bits per heavy atom. The Balaban J connectivity index is 1.31. The number of terminal acetylenes is 1. The molecule has 3 aromatic rings. The van der Waals surface area contributed by atoms with Crippen LogP contribution in [0.15, 0.2) is 30.6 Å². The number of rotatable bonds is 9. The lowest BCUT2D eigenvalue weighted by Gasteiger charge is -2.33. The van der Waals surface area contributed by atoms with Gasteiger partial charge >= 0.3 is 6.01 Å². The maximum absolute atomic E-state index is 12.9. The second-order valence-electron chi connectivity index (χ2n) is 10.1. The molecule has 1 saturated carbocycles. The number of hydrogen-bond acceptors (Lipinski definition) is 7. The van der Waals surface area contributed by atoms with Gasteiger partial charge in [0, 0.05) is 50.0 Å². The van der Waals surface area contributed by atoms with Crippen LogP contribution in [0.5, 0.6) is 6.01 Å². The number of fused-ring (bicyclic) bond motifs is 1. The molecule has 0 aromatic carbocycles. The molecule has 36 heavy (non-hydrogen) atoms. The van der Waals surface area contributed by atoms with Crippen LogP contribution in [0.4, 0.5) is 5.82 Å². The van der Waals surface area contributed by atoms with Crippen molar-refractivity contribution in [3.63, 3.8) is 0 Å². The number of piperidine rings is 1. The van der Waals surface area contributed by atoms with E-state index in [1.165, 1.54) is 10.9 Å². The SMILES string of the molecule is C#CC1(COc2nc(C(=O)NCCN(C)C)cc(N3CCC(c4c[nH]c5ncccc45)CC3)n2)CC1. The number of carbonyl (C=O) groups is 1. The highest BCUT2D eigenvalue weighted by Gasteiger charge is 2.42. The summed E-state index contributed by atoms with van der Waals surface area (Å²) >= 11 is 0. The highest BCUT2D eigenvalue weighted by Crippen LogP contribution is 2.45. The minimum atomic E-state index is -0.232. The Kier molecular flexibility index (Phi) is 6.79. The first kappa shape index (κ1) is 24.1. The molecule has 2 N–H and O–H groups in total. The van der Waals surface area contributed by atoms with Crippen molar-refractivity contribution in [3.05, 3.63) is 41.9 Å². The van der Waals surface area contributed by atoms with Crippen LogP contribution in [0.2, 0.25) is 0 Å². The Morgan fingerprint density at radius 3 is 2.86 bits per heavy atom. The van der Waals surface area contributed by atoms with E-state index in [4.69, 9.17) is 11.2 Å². The van der Waals surface area contributed by atoms with Gasteiger partial charge in [-0.25, -0.2) is 4.98 Å². The lowest BCUT2D eigenvalue weighted by atomic mass is 9.89. The molecule has 2 fully saturated rings. The van der Waals surface area contributed by atoms with E-state index in [2.05, 4.69) is 48.3 Å². The fourth-order valence-corrected chi connectivity index (χ4v) is 4.66. The number of pyridine rings is 1. The Labute approximate surface area is 211 Å². The lowest BCUT2D eigenvalue weighted by Crippen LogP contribution is -2.35. The number of amides is 1. The summed E-state index contributed by atoms with van der Waals surface area (Å²) in [5.74, 6) is 3.74. The van der Waals surface area contributed by atoms with Gasteiger partial charge in [-0.3, -0.25) is 4.79 Å². The summed E-state index contributed by atoms with van der Waals surface area (Å²) in [6.45, 7) is 3.29. The number of nitrogens with zero attached hydrogens (tertiary/aromatic N) is 5. The van der Waals surface area contributed by atoms with Gasteiger partial charge in [0.25, 0.3) is 5.91 Å². The molecule has 9 heteroatoms. The van der Waals surface area contributed by atoms with E-state index >= 15 is 0 Å². The molecule has 0 bridgehead atoms. The monoisotopic (exact) mass is 487 g/mol. The second kappa shape index (κ2) is 10.2. The van der Waals surface area contributed by atoms with Crippen molar-refractivity contribution in [3.8, 4) is 18.4 Å². The van der Waals surface area contributed by atoms with E-state index < -0.39 is 0 Å². The van der Waals surface area contributed by atoms with Crippen LogP contribution in [0.3, 0.4) is 0 Å². The standard InChI is InChI=1S/C27H33N7O2/c1-4-27(9-10-27)18-36-26-31-22(25(35)29-12-15-33(2)3)16-23(32-26)34-13-7-19(8-14-34)21-17-30-24-20(21)6-5-11-28-24/h1,5-6,11,16-17,19H,7-10,12-15,18H2,2-3H3,(H,28,30)(H,29,35). The fourth-order valence-electron chi connectivity index (χ4n) is 4.66. The van der Waals surface area contributed by atoms with Gasteiger partial charge in [-0.05, 0) is 63.4 Å². The van der Waals surface area contributed by atoms with E-state index in [1.807, 2.05) is 31.3 Å². The van der Waals surface area contributed by atoms with Crippen molar-refractivity contribution >= 4 is 22.8 Å². The van der Waals surface area contributed by atoms with Crippen molar-refractivity contribution in [1.29, 1.82) is 0 Å². The van der Waals surface area contributed by atoms with Crippen LogP contribution in [0.1, 0.15) is 47.7 Å². The smallest absolute Gasteiger partial charge is 0.319 e.